The first-order valence-corrected chi connectivity index (χ1v) is 8.39. The lowest BCUT2D eigenvalue weighted by atomic mass is 10.1. The number of aryl methyl sites for hydroxylation is 2. The Morgan fingerprint density at radius 2 is 1.96 bits per heavy atom. The SMILES string of the molecule is Cc1noc(C)c1C(C)Nc1cnn(-c2ccc([N+](=O)[O-])cc2)c(=O)c1Cl. The maximum Gasteiger partial charge on any atom is 0.292 e. The molecule has 2 aromatic heterocycles. The summed E-state index contributed by atoms with van der Waals surface area (Å²) in [5, 5.41) is 21.9. The van der Waals surface area contributed by atoms with Gasteiger partial charge < -0.3 is 9.84 Å². The Labute approximate surface area is 158 Å². The third-order valence-corrected chi connectivity index (χ3v) is 4.48. The molecule has 0 aliphatic heterocycles. The van der Waals surface area contributed by atoms with Crippen molar-refractivity contribution in [3.63, 3.8) is 0 Å². The summed E-state index contributed by atoms with van der Waals surface area (Å²) in [6.45, 7) is 5.53. The molecular formula is C17H16ClN5O4. The number of anilines is 1. The fraction of sp³-hybridized carbons (Fsp3) is 0.235. The second-order valence-corrected chi connectivity index (χ2v) is 6.34. The number of rotatable bonds is 5. The van der Waals surface area contributed by atoms with Crippen LogP contribution in [0, 0.1) is 24.0 Å². The van der Waals surface area contributed by atoms with Crippen LogP contribution in [-0.4, -0.2) is 19.9 Å². The molecule has 0 bridgehead atoms. The van der Waals surface area contributed by atoms with Gasteiger partial charge in [0.25, 0.3) is 11.2 Å². The maximum atomic E-state index is 12.6. The molecule has 0 radical (unpaired) electrons. The van der Waals surface area contributed by atoms with E-state index in [4.69, 9.17) is 16.1 Å². The Hall–Kier alpha value is -3.20. The van der Waals surface area contributed by atoms with E-state index in [0.717, 1.165) is 15.9 Å². The van der Waals surface area contributed by atoms with Gasteiger partial charge in [-0.25, -0.2) is 0 Å². The zero-order valence-electron chi connectivity index (χ0n) is 14.8. The van der Waals surface area contributed by atoms with Crippen molar-refractivity contribution in [2.24, 2.45) is 0 Å². The average Bonchev–Trinajstić information content (AvgIpc) is 2.98. The van der Waals surface area contributed by atoms with E-state index in [1.807, 2.05) is 13.8 Å². The minimum atomic E-state index is -0.540. The summed E-state index contributed by atoms with van der Waals surface area (Å²) in [6, 6.07) is 5.25. The molecule has 0 fully saturated rings. The topological polar surface area (TPSA) is 116 Å². The predicted octanol–water partition coefficient (Wildman–Crippen LogP) is 3.57. The van der Waals surface area contributed by atoms with Crippen LogP contribution in [0.15, 0.2) is 39.8 Å². The molecule has 1 atom stereocenters. The minimum Gasteiger partial charge on any atom is -0.376 e. The van der Waals surface area contributed by atoms with E-state index in [-0.39, 0.29) is 16.8 Å². The number of nitro benzene ring substituents is 1. The zero-order chi connectivity index (χ0) is 19.7. The minimum absolute atomic E-state index is 0.0398. The normalized spacial score (nSPS) is 12.0. The van der Waals surface area contributed by atoms with Gasteiger partial charge in [-0.3, -0.25) is 14.9 Å². The molecule has 0 saturated carbocycles. The van der Waals surface area contributed by atoms with Gasteiger partial charge in [-0.05, 0) is 32.9 Å². The first-order chi connectivity index (χ1) is 12.8. The summed E-state index contributed by atoms with van der Waals surface area (Å²) < 4.78 is 6.24. The fourth-order valence-electron chi connectivity index (χ4n) is 2.85. The highest BCUT2D eigenvalue weighted by atomic mass is 35.5. The smallest absolute Gasteiger partial charge is 0.292 e. The van der Waals surface area contributed by atoms with E-state index in [0.29, 0.717) is 17.1 Å². The van der Waals surface area contributed by atoms with Crippen molar-refractivity contribution in [3.8, 4) is 5.69 Å². The van der Waals surface area contributed by atoms with Gasteiger partial charge in [-0.2, -0.15) is 9.78 Å². The Morgan fingerprint density at radius 1 is 1.30 bits per heavy atom. The number of nitrogens with zero attached hydrogens (tertiary/aromatic N) is 4. The molecule has 1 aromatic carbocycles. The van der Waals surface area contributed by atoms with Crippen LogP contribution < -0.4 is 10.9 Å². The van der Waals surface area contributed by atoms with E-state index in [1.54, 1.807) is 6.92 Å². The van der Waals surface area contributed by atoms with Crippen LogP contribution >= 0.6 is 11.6 Å². The lowest BCUT2D eigenvalue weighted by Gasteiger charge is -2.16. The molecule has 0 aliphatic carbocycles. The molecule has 10 heteroatoms. The summed E-state index contributed by atoms with van der Waals surface area (Å²) in [5.74, 6) is 0.677. The summed E-state index contributed by atoms with van der Waals surface area (Å²) in [4.78, 5) is 22.8. The molecule has 3 rings (SSSR count). The van der Waals surface area contributed by atoms with Crippen LogP contribution in [0.3, 0.4) is 0 Å². The van der Waals surface area contributed by atoms with Gasteiger partial charge >= 0.3 is 0 Å². The van der Waals surface area contributed by atoms with Crippen LogP contribution in [0.2, 0.25) is 5.02 Å². The molecule has 9 nitrogen and oxygen atoms in total. The zero-order valence-corrected chi connectivity index (χ0v) is 15.5. The number of nitro groups is 1. The van der Waals surface area contributed by atoms with E-state index in [2.05, 4.69) is 15.6 Å². The van der Waals surface area contributed by atoms with E-state index in [9.17, 15) is 14.9 Å². The van der Waals surface area contributed by atoms with Crippen molar-refractivity contribution in [3.05, 3.63) is 73.0 Å². The van der Waals surface area contributed by atoms with Gasteiger partial charge in [0, 0.05) is 17.7 Å². The standard InChI is InChI=1S/C17H16ClN5O4/c1-9(15-10(2)21-27-11(15)3)20-14-8-19-22(17(24)16(14)18)12-4-6-13(7-5-12)23(25)26/h4-9,20H,1-3H3. The van der Waals surface area contributed by atoms with Gasteiger partial charge in [-0.1, -0.05) is 16.8 Å². The molecule has 3 aromatic rings. The van der Waals surface area contributed by atoms with Crippen molar-refractivity contribution in [2.75, 3.05) is 5.32 Å². The summed E-state index contributed by atoms with van der Waals surface area (Å²) in [6.07, 6.45) is 1.43. The highest BCUT2D eigenvalue weighted by molar-refractivity contribution is 6.33. The molecule has 0 amide bonds. The number of nitrogens with one attached hydrogen (secondary N) is 1. The lowest BCUT2D eigenvalue weighted by molar-refractivity contribution is -0.384. The Bertz CT molecular complexity index is 1040. The first kappa shape index (κ1) is 18.6. The number of benzene rings is 1. The van der Waals surface area contributed by atoms with Crippen molar-refractivity contribution >= 4 is 23.0 Å². The Morgan fingerprint density at radius 3 is 2.52 bits per heavy atom. The van der Waals surface area contributed by atoms with E-state index < -0.39 is 10.5 Å². The van der Waals surface area contributed by atoms with Gasteiger partial charge in [-0.15, -0.1) is 0 Å². The molecular weight excluding hydrogens is 374 g/mol. The van der Waals surface area contributed by atoms with Crippen LogP contribution in [-0.2, 0) is 0 Å². The van der Waals surface area contributed by atoms with E-state index in [1.165, 1.54) is 30.5 Å². The van der Waals surface area contributed by atoms with Crippen molar-refractivity contribution in [1.82, 2.24) is 14.9 Å². The van der Waals surface area contributed by atoms with Crippen molar-refractivity contribution in [2.45, 2.75) is 26.8 Å². The second kappa shape index (κ2) is 7.20. The Kier molecular flexibility index (Phi) is 4.95. The van der Waals surface area contributed by atoms with Gasteiger partial charge in [0.2, 0.25) is 0 Å². The number of non-ortho nitro benzene ring substituents is 1. The summed E-state index contributed by atoms with van der Waals surface area (Å²) >= 11 is 6.23. The Balaban J connectivity index is 1.91. The number of hydrogen-bond donors (Lipinski definition) is 1. The number of aromatic nitrogens is 3. The summed E-state index contributed by atoms with van der Waals surface area (Å²) in [7, 11) is 0. The highest BCUT2D eigenvalue weighted by Crippen LogP contribution is 2.27. The maximum absolute atomic E-state index is 12.6. The third kappa shape index (κ3) is 3.54. The van der Waals surface area contributed by atoms with Gasteiger partial charge in [0.05, 0.1) is 34.2 Å². The molecule has 0 spiro atoms. The molecule has 2 heterocycles. The third-order valence-electron chi connectivity index (χ3n) is 4.12. The lowest BCUT2D eigenvalue weighted by Crippen LogP contribution is -2.23. The van der Waals surface area contributed by atoms with Crippen LogP contribution in [0.5, 0.6) is 0 Å². The van der Waals surface area contributed by atoms with Crippen molar-refractivity contribution < 1.29 is 9.45 Å². The molecule has 1 N–H and O–H groups in total. The van der Waals surface area contributed by atoms with Gasteiger partial charge in [0.15, 0.2) is 0 Å². The highest BCUT2D eigenvalue weighted by Gasteiger charge is 2.19. The summed E-state index contributed by atoms with van der Waals surface area (Å²) in [5.41, 5.74) is 1.75. The van der Waals surface area contributed by atoms with Crippen LogP contribution in [0.4, 0.5) is 11.4 Å². The molecule has 27 heavy (non-hydrogen) atoms. The molecule has 0 aliphatic rings. The quantitative estimate of drug-likeness (QED) is 0.523. The predicted molar refractivity (Wildman–Crippen MR) is 99.5 cm³/mol. The monoisotopic (exact) mass is 389 g/mol. The molecule has 0 saturated heterocycles. The van der Waals surface area contributed by atoms with Crippen LogP contribution in [0.1, 0.15) is 30.0 Å². The second-order valence-electron chi connectivity index (χ2n) is 5.97. The van der Waals surface area contributed by atoms with E-state index >= 15 is 0 Å². The largest absolute Gasteiger partial charge is 0.376 e. The van der Waals surface area contributed by atoms with Crippen molar-refractivity contribution in [1.29, 1.82) is 0 Å². The van der Waals surface area contributed by atoms with Gasteiger partial charge in [0.1, 0.15) is 10.8 Å². The average molecular weight is 390 g/mol. The number of hydrogen-bond acceptors (Lipinski definition) is 7. The number of halogens is 1. The molecule has 1 unspecified atom stereocenters. The molecule has 140 valence electrons. The fourth-order valence-corrected chi connectivity index (χ4v) is 3.03. The van der Waals surface area contributed by atoms with Crippen LogP contribution in [0.25, 0.3) is 5.69 Å². The first-order valence-electron chi connectivity index (χ1n) is 8.01.